The van der Waals surface area contributed by atoms with Crippen LogP contribution in [0.3, 0.4) is 0 Å². The van der Waals surface area contributed by atoms with Gasteiger partial charge in [-0.05, 0) is 12.1 Å². The summed E-state index contributed by atoms with van der Waals surface area (Å²) in [5.41, 5.74) is 2.17. The molecule has 0 aliphatic heterocycles. The van der Waals surface area contributed by atoms with E-state index >= 15 is 0 Å². The molecule has 0 radical (unpaired) electrons. The van der Waals surface area contributed by atoms with Crippen LogP contribution in [0.25, 0.3) is 21.9 Å². The fourth-order valence-electron chi connectivity index (χ4n) is 2.11. The summed E-state index contributed by atoms with van der Waals surface area (Å²) in [5.74, 6) is 0.223. The third-order valence-corrected chi connectivity index (χ3v) is 2.97. The molecule has 2 aromatic heterocycles. The van der Waals surface area contributed by atoms with E-state index in [2.05, 4.69) is 4.98 Å². The number of benzene rings is 1. The van der Waals surface area contributed by atoms with Crippen molar-refractivity contribution >= 4 is 28.2 Å². The smallest absolute Gasteiger partial charge is 0.166 e. The number of phenolic OH excluding ortho intramolecular Hbond substituents is 1. The highest BCUT2D eigenvalue weighted by atomic mass is 16.3. The molecule has 0 spiro atoms. The van der Waals surface area contributed by atoms with Crippen LogP contribution in [-0.4, -0.2) is 20.9 Å². The van der Waals surface area contributed by atoms with Crippen molar-refractivity contribution in [3.8, 4) is 5.75 Å². The predicted octanol–water partition coefficient (Wildman–Crippen LogP) is 2.18. The molecule has 0 saturated heterocycles. The van der Waals surface area contributed by atoms with Gasteiger partial charge in [0.1, 0.15) is 11.4 Å². The summed E-state index contributed by atoms with van der Waals surface area (Å²) in [5, 5.41) is 11.6. The monoisotopic (exact) mass is 214 g/mol. The van der Waals surface area contributed by atoms with Gasteiger partial charge in [0.05, 0.1) is 11.2 Å². The standard InChI is InChI=1S/C12H10N2O2/c1-14-7(6-15)5-9-8-3-2-4-10(16)11(8)13-12(9)14/h2-6,13,16H,1H3. The van der Waals surface area contributed by atoms with Crippen LogP contribution in [0.2, 0.25) is 0 Å². The minimum absolute atomic E-state index is 0.223. The molecule has 0 atom stereocenters. The van der Waals surface area contributed by atoms with E-state index in [-0.39, 0.29) is 5.75 Å². The van der Waals surface area contributed by atoms with E-state index in [1.165, 1.54) is 0 Å². The number of aromatic hydroxyl groups is 1. The lowest BCUT2D eigenvalue weighted by atomic mass is 10.2. The lowest BCUT2D eigenvalue weighted by Gasteiger charge is -1.96. The Kier molecular flexibility index (Phi) is 1.63. The fourth-order valence-corrected chi connectivity index (χ4v) is 2.11. The number of aryl methyl sites for hydroxylation is 1. The Hall–Kier alpha value is -2.23. The van der Waals surface area contributed by atoms with Crippen LogP contribution >= 0.6 is 0 Å². The maximum absolute atomic E-state index is 10.8. The molecule has 0 unspecified atom stereocenters. The first kappa shape index (κ1) is 9.03. The molecule has 4 nitrogen and oxygen atoms in total. The minimum Gasteiger partial charge on any atom is -0.506 e. The van der Waals surface area contributed by atoms with Crippen LogP contribution in [-0.2, 0) is 7.05 Å². The topological polar surface area (TPSA) is 58.0 Å². The lowest BCUT2D eigenvalue weighted by molar-refractivity contribution is 0.111. The molecule has 0 aliphatic carbocycles. The molecule has 0 saturated carbocycles. The number of hydrogen-bond acceptors (Lipinski definition) is 2. The number of hydrogen-bond donors (Lipinski definition) is 2. The van der Waals surface area contributed by atoms with E-state index in [1.807, 2.05) is 19.2 Å². The van der Waals surface area contributed by atoms with E-state index in [4.69, 9.17) is 0 Å². The number of phenols is 1. The lowest BCUT2D eigenvalue weighted by Crippen LogP contribution is -1.93. The maximum Gasteiger partial charge on any atom is 0.166 e. The summed E-state index contributed by atoms with van der Waals surface area (Å²) in [4.78, 5) is 13.9. The molecule has 4 heteroatoms. The highest BCUT2D eigenvalue weighted by molar-refractivity contribution is 6.10. The molecular weight excluding hydrogens is 204 g/mol. The molecule has 1 aromatic carbocycles. The van der Waals surface area contributed by atoms with Gasteiger partial charge >= 0.3 is 0 Å². The first-order valence-electron chi connectivity index (χ1n) is 4.96. The Morgan fingerprint density at radius 3 is 2.94 bits per heavy atom. The normalized spacial score (nSPS) is 11.3. The largest absolute Gasteiger partial charge is 0.506 e. The van der Waals surface area contributed by atoms with Gasteiger partial charge in [0.2, 0.25) is 0 Å². The summed E-state index contributed by atoms with van der Waals surface area (Å²) in [6.45, 7) is 0. The third kappa shape index (κ3) is 0.957. The van der Waals surface area contributed by atoms with Crippen LogP contribution in [0.4, 0.5) is 0 Å². The van der Waals surface area contributed by atoms with Crippen molar-refractivity contribution in [1.29, 1.82) is 0 Å². The first-order valence-corrected chi connectivity index (χ1v) is 4.96. The summed E-state index contributed by atoms with van der Waals surface area (Å²) in [6, 6.07) is 7.17. The van der Waals surface area contributed by atoms with E-state index in [9.17, 15) is 9.90 Å². The van der Waals surface area contributed by atoms with Crippen molar-refractivity contribution in [3.63, 3.8) is 0 Å². The number of H-pyrrole nitrogens is 1. The van der Waals surface area contributed by atoms with Crippen molar-refractivity contribution in [2.24, 2.45) is 7.05 Å². The number of aromatic amines is 1. The van der Waals surface area contributed by atoms with Crippen molar-refractivity contribution in [1.82, 2.24) is 9.55 Å². The second-order valence-corrected chi connectivity index (χ2v) is 3.83. The molecule has 0 amide bonds. The van der Waals surface area contributed by atoms with Crippen LogP contribution in [0.15, 0.2) is 24.3 Å². The number of carbonyl (C=O) groups is 1. The fraction of sp³-hybridized carbons (Fsp3) is 0.0833. The van der Waals surface area contributed by atoms with Crippen LogP contribution in [0.5, 0.6) is 5.75 Å². The number of aromatic nitrogens is 2. The SMILES string of the molecule is Cn1c(C=O)cc2c3cccc(O)c3[nH]c21. The van der Waals surface area contributed by atoms with Gasteiger partial charge in [-0.3, -0.25) is 4.79 Å². The third-order valence-electron chi connectivity index (χ3n) is 2.97. The molecule has 80 valence electrons. The molecule has 2 heterocycles. The highest BCUT2D eigenvalue weighted by Crippen LogP contribution is 2.31. The van der Waals surface area contributed by atoms with Crippen LogP contribution in [0.1, 0.15) is 10.5 Å². The zero-order valence-corrected chi connectivity index (χ0v) is 8.69. The Morgan fingerprint density at radius 1 is 1.38 bits per heavy atom. The van der Waals surface area contributed by atoms with E-state index in [0.717, 1.165) is 22.7 Å². The molecule has 3 aromatic rings. The summed E-state index contributed by atoms with van der Waals surface area (Å²) < 4.78 is 1.78. The van der Waals surface area contributed by atoms with E-state index in [0.29, 0.717) is 11.2 Å². The van der Waals surface area contributed by atoms with Gasteiger partial charge in [-0.2, -0.15) is 0 Å². The summed E-state index contributed by atoms with van der Waals surface area (Å²) in [7, 11) is 1.82. The van der Waals surface area contributed by atoms with Gasteiger partial charge in [-0.1, -0.05) is 12.1 Å². The van der Waals surface area contributed by atoms with Gasteiger partial charge in [0, 0.05) is 17.8 Å². The van der Waals surface area contributed by atoms with Crippen LogP contribution in [0, 0.1) is 0 Å². The molecule has 16 heavy (non-hydrogen) atoms. The number of rotatable bonds is 1. The van der Waals surface area contributed by atoms with Gasteiger partial charge in [0.25, 0.3) is 0 Å². The number of nitrogens with zero attached hydrogens (tertiary/aromatic N) is 1. The van der Waals surface area contributed by atoms with Gasteiger partial charge in [0.15, 0.2) is 6.29 Å². The summed E-state index contributed by atoms with van der Waals surface area (Å²) >= 11 is 0. The number of nitrogens with one attached hydrogen (secondary N) is 1. The molecule has 0 bridgehead atoms. The molecule has 2 N–H and O–H groups in total. The van der Waals surface area contributed by atoms with Crippen molar-refractivity contribution in [3.05, 3.63) is 30.0 Å². The second kappa shape index (κ2) is 2.88. The average Bonchev–Trinajstić information content (AvgIpc) is 2.78. The zero-order valence-electron chi connectivity index (χ0n) is 8.69. The first-order chi connectivity index (χ1) is 7.72. The maximum atomic E-state index is 10.8. The Labute approximate surface area is 91.1 Å². The van der Waals surface area contributed by atoms with Gasteiger partial charge < -0.3 is 14.7 Å². The van der Waals surface area contributed by atoms with Crippen molar-refractivity contribution in [2.45, 2.75) is 0 Å². The van der Waals surface area contributed by atoms with Gasteiger partial charge in [-0.25, -0.2) is 0 Å². The van der Waals surface area contributed by atoms with E-state index in [1.54, 1.807) is 16.7 Å². The molecular formula is C12H10N2O2. The number of para-hydroxylation sites is 1. The zero-order chi connectivity index (χ0) is 11.3. The Bertz CT molecular complexity index is 707. The second-order valence-electron chi connectivity index (χ2n) is 3.83. The number of carbonyl (C=O) groups excluding carboxylic acids is 1. The Balaban J connectivity index is 2.55. The van der Waals surface area contributed by atoms with Gasteiger partial charge in [-0.15, -0.1) is 0 Å². The predicted molar refractivity (Wildman–Crippen MR) is 61.8 cm³/mol. The van der Waals surface area contributed by atoms with Crippen LogP contribution < -0.4 is 0 Å². The van der Waals surface area contributed by atoms with Crippen molar-refractivity contribution in [2.75, 3.05) is 0 Å². The number of fused-ring (bicyclic) bond motifs is 3. The highest BCUT2D eigenvalue weighted by Gasteiger charge is 2.12. The van der Waals surface area contributed by atoms with E-state index < -0.39 is 0 Å². The molecule has 0 aliphatic rings. The average molecular weight is 214 g/mol. The number of aldehydes is 1. The Morgan fingerprint density at radius 2 is 2.19 bits per heavy atom. The van der Waals surface area contributed by atoms with Crippen molar-refractivity contribution < 1.29 is 9.90 Å². The summed E-state index contributed by atoms with van der Waals surface area (Å²) in [6.07, 6.45) is 0.822. The quantitative estimate of drug-likeness (QED) is 0.610. The molecule has 3 rings (SSSR count). The minimum atomic E-state index is 0.223. The molecule has 0 fully saturated rings.